The van der Waals surface area contributed by atoms with Crippen LogP contribution in [0.2, 0.25) is 10.0 Å². The molecule has 0 aliphatic rings. The van der Waals surface area contributed by atoms with E-state index in [2.05, 4.69) is 20.8 Å². The van der Waals surface area contributed by atoms with Gasteiger partial charge in [-0.15, -0.1) is 0 Å². The van der Waals surface area contributed by atoms with Crippen molar-refractivity contribution in [1.29, 1.82) is 0 Å². The van der Waals surface area contributed by atoms with Gasteiger partial charge < -0.3 is 16.4 Å². The van der Waals surface area contributed by atoms with E-state index in [4.69, 9.17) is 41.2 Å². The van der Waals surface area contributed by atoms with E-state index in [0.29, 0.717) is 26.7 Å². The van der Waals surface area contributed by atoms with Crippen LogP contribution in [-0.2, 0) is 0 Å². The Labute approximate surface area is 176 Å². The number of nitrogens with zero attached hydrogens (tertiary/aromatic N) is 1. The van der Waals surface area contributed by atoms with Crippen LogP contribution in [-0.4, -0.2) is 15.3 Å². The van der Waals surface area contributed by atoms with Crippen molar-refractivity contribution in [1.82, 2.24) is 10.2 Å². The summed E-state index contributed by atoms with van der Waals surface area (Å²) in [4.78, 5) is 0. The fraction of sp³-hybridized carbons (Fsp3) is 0. The molecule has 1 heterocycles. The normalized spacial score (nSPS) is 10.8. The summed E-state index contributed by atoms with van der Waals surface area (Å²) in [6.45, 7) is 0. The van der Waals surface area contributed by atoms with Crippen molar-refractivity contribution in [3.63, 3.8) is 0 Å². The maximum absolute atomic E-state index is 6.16. The maximum atomic E-state index is 6.16. The molecule has 0 saturated carbocycles. The molecule has 5 nitrogen and oxygen atoms in total. The summed E-state index contributed by atoms with van der Waals surface area (Å²) in [5.41, 5.74) is 10.5. The molecule has 0 unspecified atom stereocenters. The molecular formula is C20H15Cl2N5S. The van der Waals surface area contributed by atoms with Crippen molar-refractivity contribution in [3.8, 4) is 11.1 Å². The van der Waals surface area contributed by atoms with Gasteiger partial charge in [-0.25, -0.2) is 0 Å². The van der Waals surface area contributed by atoms with Gasteiger partial charge in [0, 0.05) is 10.7 Å². The molecule has 0 fully saturated rings. The highest BCUT2D eigenvalue weighted by atomic mass is 35.5. The molecule has 0 aliphatic heterocycles. The van der Waals surface area contributed by atoms with Gasteiger partial charge in [-0.1, -0.05) is 47.5 Å². The molecule has 0 amide bonds. The molecule has 5 N–H and O–H groups in total. The molecule has 0 saturated heterocycles. The number of aromatic nitrogens is 2. The largest absolute Gasteiger partial charge is 0.382 e. The van der Waals surface area contributed by atoms with Gasteiger partial charge in [-0.2, -0.15) is 5.10 Å². The zero-order valence-corrected chi connectivity index (χ0v) is 16.8. The second kappa shape index (κ2) is 7.67. The smallest absolute Gasteiger partial charge is 0.175 e. The number of rotatable bonds is 3. The standard InChI is InChI=1S/C20H15Cl2N5S/c21-12-6-9-16(15(22)10-12)25-20(28)24-13-7-4-11(5-8-13)14-2-1-3-17-18(14)19(23)27-26-17/h1-10H,(H3,23,26,27)(H2,24,25,28). The topological polar surface area (TPSA) is 78.8 Å². The number of hydrogen-bond acceptors (Lipinski definition) is 3. The third-order valence-electron chi connectivity index (χ3n) is 4.25. The molecular weight excluding hydrogens is 413 g/mol. The Hall–Kier alpha value is -2.80. The van der Waals surface area contributed by atoms with Crippen molar-refractivity contribution in [2.75, 3.05) is 16.4 Å². The van der Waals surface area contributed by atoms with Crippen LogP contribution < -0.4 is 16.4 Å². The molecule has 140 valence electrons. The molecule has 0 radical (unpaired) electrons. The molecule has 1 aromatic heterocycles. The van der Waals surface area contributed by atoms with Crippen molar-refractivity contribution < 1.29 is 0 Å². The van der Waals surface area contributed by atoms with E-state index >= 15 is 0 Å². The van der Waals surface area contributed by atoms with Crippen molar-refractivity contribution in [2.24, 2.45) is 0 Å². The highest BCUT2D eigenvalue weighted by Gasteiger charge is 2.10. The first kappa shape index (κ1) is 18.6. The van der Waals surface area contributed by atoms with E-state index in [1.54, 1.807) is 18.2 Å². The van der Waals surface area contributed by atoms with Crippen LogP contribution in [0.5, 0.6) is 0 Å². The molecule has 0 aliphatic carbocycles. The summed E-state index contributed by atoms with van der Waals surface area (Å²) in [7, 11) is 0. The van der Waals surface area contributed by atoms with E-state index in [1.807, 2.05) is 42.5 Å². The lowest BCUT2D eigenvalue weighted by atomic mass is 10.0. The van der Waals surface area contributed by atoms with Gasteiger partial charge in [-0.05, 0) is 59.7 Å². The van der Waals surface area contributed by atoms with Gasteiger partial charge in [0.15, 0.2) is 10.9 Å². The lowest BCUT2D eigenvalue weighted by Gasteiger charge is -2.12. The summed E-state index contributed by atoms with van der Waals surface area (Å²) in [6.07, 6.45) is 0. The van der Waals surface area contributed by atoms with Gasteiger partial charge >= 0.3 is 0 Å². The van der Waals surface area contributed by atoms with Crippen LogP contribution in [0.15, 0.2) is 60.7 Å². The summed E-state index contributed by atoms with van der Waals surface area (Å²) in [5, 5.41) is 15.6. The maximum Gasteiger partial charge on any atom is 0.175 e. The SMILES string of the molecule is Nc1n[nH]c2cccc(-c3ccc(NC(=S)Nc4ccc(Cl)cc4Cl)cc3)c12. The number of hydrogen-bond donors (Lipinski definition) is 4. The van der Waals surface area contributed by atoms with Gasteiger partial charge in [0.2, 0.25) is 0 Å². The summed E-state index contributed by atoms with van der Waals surface area (Å²) < 4.78 is 0. The lowest BCUT2D eigenvalue weighted by Crippen LogP contribution is -2.19. The van der Waals surface area contributed by atoms with Crippen molar-refractivity contribution in [2.45, 2.75) is 0 Å². The van der Waals surface area contributed by atoms with Gasteiger partial charge in [0.1, 0.15) is 0 Å². The number of fused-ring (bicyclic) bond motifs is 1. The van der Waals surface area contributed by atoms with Crippen LogP contribution in [0.1, 0.15) is 0 Å². The summed E-state index contributed by atoms with van der Waals surface area (Å²) in [6, 6.07) is 19.0. The van der Waals surface area contributed by atoms with E-state index < -0.39 is 0 Å². The molecule has 4 rings (SSSR count). The summed E-state index contributed by atoms with van der Waals surface area (Å²) >= 11 is 17.4. The number of aromatic amines is 1. The average molecular weight is 428 g/mol. The van der Waals surface area contributed by atoms with E-state index in [-0.39, 0.29) is 0 Å². The molecule has 0 atom stereocenters. The Balaban J connectivity index is 1.51. The van der Waals surface area contributed by atoms with Crippen LogP contribution in [0.25, 0.3) is 22.0 Å². The number of anilines is 3. The number of nitrogens with one attached hydrogen (secondary N) is 3. The number of nitrogens with two attached hydrogens (primary N) is 1. The highest BCUT2D eigenvalue weighted by Crippen LogP contribution is 2.32. The van der Waals surface area contributed by atoms with Crippen LogP contribution in [0.3, 0.4) is 0 Å². The van der Waals surface area contributed by atoms with Crippen LogP contribution >= 0.6 is 35.4 Å². The first-order valence-electron chi connectivity index (χ1n) is 8.37. The van der Waals surface area contributed by atoms with Crippen molar-refractivity contribution in [3.05, 3.63) is 70.7 Å². The molecule has 8 heteroatoms. The minimum Gasteiger partial charge on any atom is -0.382 e. The van der Waals surface area contributed by atoms with Crippen LogP contribution in [0, 0.1) is 0 Å². The highest BCUT2D eigenvalue weighted by molar-refractivity contribution is 7.80. The first-order valence-corrected chi connectivity index (χ1v) is 9.54. The second-order valence-electron chi connectivity index (χ2n) is 6.12. The first-order chi connectivity index (χ1) is 13.5. The number of halogens is 2. The molecule has 28 heavy (non-hydrogen) atoms. The molecule has 3 aromatic carbocycles. The number of H-pyrrole nitrogens is 1. The quantitative estimate of drug-likeness (QED) is 0.304. The number of thiocarbonyl (C=S) groups is 1. The third-order valence-corrected chi connectivity index (χ3v) is 5.00. The fourth-order valence-electron chi connectivity index (χ4n) is 2.95. The summed E-state index contributed by atoms with van der Waals surface area (Å²) in [5.74, 6) is 0.484. The zero-order chi connectivity index (χ0) is 19.7. The molecule has 4 aromatic rings. The predicted octanol–water partition coefficient (Wildman–Crippen LogP) is 5.93. The third kappa shape index (κ3) is 3.75. The Morgan fingerprint density at radius 1 is 1.00 bits per heavy atom. The Bertz CT molecular complexity index is 1170. The minimum atomic E-state index is 0.429. The van der Waals surface area contributed by atoms with E-state index in [1.165, 1.54) is 0 Å². The Kier molecular flexibility index (Phi) is 5.09. The predicted molar refractivity (Wildman–Crippen MR) is 122 cm³/mol. The van der Waals surface area contributed by atoms with Gasteiger partial charge in [0.25, 0.3) is 0 Å². The number of benzene rings is 3. The zero-order valence-electron chi connectivity index (χ0n) is 14.5. The van der Waals surface area contributed by atoms with Gasteiger partial charge in [-0.3, -0.25) is 5.10 Å². The monoisotopic (exact) mass is 427 g/mol. The second-order valence-corrected chi connectivity index (χ2v) is 7.37. The van der Waals surface area contributed by atoms with Crippen LogP contribution in [0.4, 0.5) is 17.2 Å². The van der Waals surface area contributed by atoms with E-state index in [9.17, 15) is 0 Å². The Morgan fingerprint density at radius 2 is 1.79 bits per heavy atom. The number of nitrogen functional groups attached to an aromatic ring is 1. The lowest BCUT2D eigenvalue weighted by molar-refractivity contribution is 1.13. The molecule has 0 spiro atoms. The molecule has 0 bridgehead atoms. The Morgan fingerprint density at radius 3 is 2.54 bits per heavy atom. The average Bonchev–Trinajstić information content (AvgIpc) is 3.06. The van der Waals surface area contributed by atoms with E-state index in [0.717, 1.165) is 27.7 Å². The fourth-order valence-corrected chi connectivity index (χ4v) is 3.63. The van der Waals surface area contributed by atoms with Gasteiger partial charge in [0.05, 0.1) is 21.6 Å². The van der Waals surface area contributed by atoms with Crippen molar-refractivity contribution >= 4 is 68.6 Å². The minimum absolute atomic E-state index is 0.429.